The highest BCUT2D eigenvalue weighted by molar-refractivity contribution is 4.54. The van der Waals surface area contributed by atoms with Crippen molar-refractivity contribution in [3.63, 3.8) is 0 Å². The summed E-state index contributed by atoms with van der Waals surface area (Å²) in [5.74, 6) is 0.778. The lowest BCUT2D eigenvalue weighted by Gasteiger charge is -2.08. The molecule has 0 amide bonds. The lowest BCUT2D eigenvalue weighted by molar-refractivity contribution is 0.475. The van der Waals surface area contributed by atoms with Crippen LogP contribution in [0.2, 0.25) is 0 Å². The number of rotatable bonds is 4. The fraction of sp³-hybridized carbons (Fsp3) is 1.00. The second-order valence-corrected chi connectivity index (χ2v) is 2.30. The van der Waals surface area contributed by atoms with Gasteiger partial charge in [0.15, 0.2) is 0 Å². The smallest absolute Gasteiger partial charge is 0.00490 e. The van der Waals surface area contributed by atoms with Crippen LogP contribution < -0.4 is 11.5 Å². The molecule has 64 valence electrons. The zero-order valence-corrected chi connectivity index (χ0v) is 7.56. The first kappa shape index (κ1) is 12.6. The van der Waals surface area contributed by atoms with Gasteiger partial charge >= 0.3 is 0 Å². The highest BCUT2D eigenvalue weighted by Crippen LogP contribution is 2.07. The Morgan fingerprint density at radius 2 is 1.70 bits per heavy atom. The van der Waals surface area contributed by atoms with Crippen molar-refractivity contribution < 1.29 is 0 Å². The zero-order valence-electron chi connectivity index (χ0n) is 7.56. The molecule has 10 heavy (non-hydrogen) atoms. The van der Waals surface area contributed by atoms with E-state index in [9.17, 15) is 0 Å². The summed E-state index contributed by atoms with van der Waals surface area (Å²) in [6, 6.07) is 0. The Bertz CT molecular complexity index is 42.5. The van der Waals surface area contributed by atoms with E-state index in [4.69, 9.17) is 5.73 Å². The van der Waals surface area contributed by atoms with Crippen LogP contribution in [-0.4, -0.2) is 13.6 Å². The van der Waals surface area contributed by atoms with Crippen LogP contribution >= 0.6 is 0 Å². The minimum Gasteiger partial charge on any atom is -0.333 e. The third-order valence-electron chi connectivity index (χ3n) is 1.61. The highest BCUT2D eigenvalue weighted by atomic mass is 14.5. The summed E-state index contributed by atoms with van der Waals surface area (Å²) < 4.78 is 0. The van der Waals surface area contributed by atoms with Gasteiger partial charge in [-0.3, -0.25) is 0 Å². The second-order valence-electron chi connectivity index (χ2n) is 2.30. The van der Waals surface area contributed by atoms with Crippen molar-refractivity contribution in [2.75, 3.05) is 13.6 Å². The minimum absolute atomic E-state index is 0.778. The molecule has 0 saturated heterocycles. The monoisotopic (exact) mass is 146 g/mol. The Morgan fingerprint density at radius 1 is 1.20 bits per heavy atom. The third kappa shape index (κ3) is 7.92. The van der Waals surface area contributed by atoms with E-state index in [1.54, 1.807) is 0 Å². The van der Waals surface area contributed by atoms with Gasteiger partial charge in [0.2, 0.25) is 0 Å². The first-order valence-corrected chi connectivity index (χ1v) is 4.12. The van der Waals surface area contributed by atoms with Crippen LogP contribution in [0.25, 0.3) is 0 Å². The van der Waals surface area contributed by atoms with Gasteiger partial charge in [-0.2, -0.15) is 0 Å². The largest absolute Gasteiger partial charge is 0.333 e. The van der Waals surface area contributed by atoms with Crippen molar-refractivity contribution in [2.45, 2.75) is 33.1 Å². The first-order valence-electron chi connectivity index (χ1n) is 4.12. The quantitative estimate of drug-likeness (QED) is 0.629. The number of hydrogen-bond acceptors (Lipinski definition) is 2. The zero-order chi connectivity index (χ0) is 8.41. The predicted molar refractivity (Wildman–Crippen MR) is 47.9 cm³/mol. The van der Waals surface area contributed by atoms with Crippen LogP contribution in [-0.2, 0) is 0 Å². The van der Waals surface area contributed by atoms with E-state index in [1.165, 1.54) is 26.3 Å². The van der Waals surface area contributed by atoms with Gasteiger partial charge in [0.1, 0.15) is 0 Å². The molecule has 0 saturated carbocycles. The summed E-state index contributed by atoms with van der Waals surface area (Å²) in [6.45, 7) is 5.27. The first-order chi connectivity index (χ1) is 4.85. The Balaban J connectivity index is 0. The molecule has 1 atom stereocenters. The fourth-order valence-corrected chi connectivity index (χ4v) is 0.897. The van der Waals surface area contributed by atoms with Crippen LogP contribution in [0.1, 0.15) is 33.1 Å². The Kier molecular flexibility index (Phi) is 14.7. The van der Waals surface area contributed by atoms with E-state index in [0.29, 0.717) is 0 Å². The second kappa shape index (κ2) is 11.7. The maximum atomic E-state index is 5.47. The normalized spacial score (nSPS) is 11.7. The van der Waals surface area contributed by atoms with Crippen LogP contribution in [0.3, 0.4) is 0 Å². The van der Waals surface area contributed by atoms with E-state index >= 15 is 0 Å². The summed E-state index contributed by atoms with van der Waals surface area (Å²) in [6.07, 6.45) is 3.81. The van der Waals surface area contributed by atoms with Gasteiger partial charge in [0.25, 0.3) is 0 Å². The molecule has 2 heteroatoms. The van der Waals surface area contributed by atoms with Crippen molar-refractivity contribution in [1.82, 2.24) is 0 Å². The van der Waals surface area contributed by atoms with E-state index < -0.39 is 0 Å². The van der Waals surface area contributed by atoms with Crippen molar-refractivity contribution in [1.29, 1.82) is 0 Å². The standard InChI is InChI=1S/C7H17N.CH5N/c1-3-5-7(4-2)6-8;1-2/h7H,3-6,8H2,1-2H3;2H2,1H3. The van der Waals surface area contributed by atoms with Gasteiger partial charge in [0, 0.05) is 0 Å². The van der Waals surface area contributed by atoms with Crippen molar-refractivity contribution in [2.24, 2.45) is 17.4 Å². The van der Waals surface area contributed by atoms with Crippen molar-refractivity contribution in [3.05, 3.63) is 0 Å². The van der Waals surface area contributed by atoms with Crippen LogP contribution in [0.4, 0.5) is 0 Å². The molecular formula is C8H22N2. The van der Waals surface area contributed by atoms with Crippen molar-refractivity contribution >= 4 is 0 Å². The van der Waals surface area contributed by atoms with Gasteiger partial charge in [-0.1, -0.05) is 26.7 Å². The van der Waals surface area contributed by atoms with E-state index in [2.05, 4.69) is 19.6 Å². The molecular weight excluding hydrogens is 124 g/mol. The third-order valence-corrected chi connectivity index (χ3v) is 1.61. The molecule has 0 rings (SSSR count). The van der Waals surface area contributed by atoms with Gasteiger partial charge in [-0.15, -0.1) is 0 Å². The molecule has 0 aromatic rings. The molecule has 0 aliphatic rings. The van der Waals surface area contributed by atoms with Gasteiger partial charge < -0.3 is 11.5 Å². The lowest BCUT2D eigenvalue weighted by atomic mass is 10.0. The van der Waals surface area contributed by atoms with Crippen LogP contribution in [0.15, 0.2) is 0 Å². The molecule has 4 N–H and O–H groups in total. The van der Waals surface area contributed by atoms with Gasteiger partial charge in [-0.05, 0) is 25.9 Å². The molecule has 0 fully saturated rings. The Hall–Kier alpha value is -0.0800. The topological polar surface area (TPSA) is 52.0 Å². The summed E-state index contributed by atoms with van der Waals surface area (Å²) in [5.41, 5.74) is 9.97. The molecule has 1 unspecified atom stereocenters. The number of nitrogens with two attached hydrogens (primary N) is 2. The van der Waals surface area contributed by atoms with Crippen LogP contribution in [0, 0.1) is 5.92 Å². The Morgan fingerprint density at radius 3 is 1.80 bits per heavy atom. The summed E-state index contributed by atoms with van der Waals surface area (Å²) in [4.78, 5) is 0. The highest BCUT2D eigenvalue weighted by Gasteiger charge is 1.99. The van der Waals surface area contributed by atoms with E-state index in [1.807, 2.05) is 0 Å². The predicted octanol–water partition coefficient (Wildman–Crippen LogP) is 1.35. The summed E-state index contributed by atoms with van der Waals surface area (Å²) in [5, 5.41) is 0. The average Bonchev–Trinajstić information content (AvgIpc) is 2.04. The molecule has 0 spiro atoms. The maximum Gasteiger partial charge on any atom is -0.00490 e. The summed E-state index contributed by atoms with van der Waals surface area (Å²) in [7, 11) is 1.50. The molecule has 0 heterocycles. The fourth-order valence-electron chi connectivity index (χ4n) is 0.897. The van der Waals surface area contributed by atoms with Crippen molar-refractivity contribution in [3.8, 4) is 0 Å². The summed E-state index contributed by atoms with van der Waals surface area (Å²) >= 11 is 0. The molecule has 0 bridgehead atoms. The average molecular weight is 146 g/mol. The molecule has 0 aliphatic heterocycles. The Labute approximate surface area is 65.0 Å². The minimum atomic E-state index is 0.778. The molecule has 2 nitrogen and oxygen atoms in total. The van der Waals surface area contributed by atoms with Gasteiger partial charge in [0.05, 0.1) is 0 Å². The SMILES string of the molecule is CCCC(CC)CN.CN. The molecule has 0 radical (unpaired) electrons. The van der Waals surface area contributed by atoms with E-state index in [0.717, 1.165) is 12.5 Å². The molecule has 0 aliphatic carbocycles. The van der Waals surface area contributed by atoms with E-state index in [-0.39, 0.29) is 0 Å². The number of hydrogen-bond donors (Lipinski definition) is 2. The van der Waals surface area contributed by atoms with Gasteiger partial charge in [-0.25, -0.2) is 0 Å². The molecule has 0 aromatic carbocycles. The molecule has 0 aromatic heterocycles. The van der Waals surface area contributed by atoms with Crippen LogP contribution in [0.5, 0.6) is 0 Å². The maximum absolute atomic E-state index is 5.47. The lowest BCUT2D eigenvalue weighted by Crippen LogP contribution is -2.12.